The second kappa shape index (κ2) is 4.90. The van der Waals surface area contributed by atoms with Crippen LogP contribution in [0.4, 0.5) is 0 Å². The number of aliphatic hydroxyl groups is 1. The quantitative estimate of drug-likeness (QED) is 0.570. The van der Waals surface area contributed by atoms with Crippen molar-refractivity contribution in [1.29, 1.82) is 0 Å². The molecule has 0 aliphatic rings. The topological polar surface area (TPSA) is 46.5 Å². The Bertz CT molecular complexity index is 159. The van der Waals surface area contributed by atoms with E-state index in [1.807, 2.05) is 6.92 Å². The molecule has 0 aromatic rings. The normalized spacial score (nSPS) is 14.1. The Labute approximate surface area is 81.6 Å². The molecule has 0 rings (SSSR count). The number of ether oxygens (including phenoxy) is 1. The van der Waals surface area contributed by atoms with Crippen LogP contribution in [0.15, 0.2) is 0 Å². The third-order valence-corrected chi connectivity index (χ3v) is 2.25. The molecule has 12 heavy (non-hydrogen) atoms. The van der Waals surface area contributed by atoms with Crippen molar-refractivity contribution in [3.05, 3.63) is 0 Å². The van der Waals surface area contributed by atoms with Gasteiger partial charge in [0.25, 0.3) is 0 Å². The molecule has 0 bridgehead atoms. The third-order valence-electron chi connectivity index (χ3n) is 1.44. The van der Waals surface area contributed by atoms with Gasteiger partial charge in [-0.2, -0.15) is 0 Å². The number of alkyl halides is 2. The van der Waals surface area contributed by atoms with Gasteiger partial charge >= 0.3 is 5.97 Å². The largest absolute Gasteiger partial charge is 0.467 e. The molecular formula is C7H12Cl2O3. The van der Waals surface area contributed by atoms with E-state index in [9.17, 15) is 9.90 Å². The Hall–Kier alpha value is 0.01000. The van der Waals surface area contributed by atoms with Gasteiger partial charge in [0.15, 0.2) is 0 Å². The van der Waals surface area contributed by atoms with Crippen molar-refractivity contribution in [3.63, 3.8) is 0 Å². The first-order valence-corrected chi connectivity index (χ1v) is 4.36. The average Bonchev–Trinajstić information content (AvgIpc) is 2.03. The van der Waals surface area contributed by atoms with Crippen LogP contribution in [-0.2, 0) is 9.53 Å². The summed E-state index contributed by atoms with van der Waals surface area (Å²) in [5, 5.41) is 9.31. The summed E-state index contributed by atoms with van der Waals surface area (Å²) in [6, 6.07) is 0. The van der Waals surface area contributed by atoms with Crippen molar-refractivity contribution in [3.8, 4) is 0 Å². The Morgan fingerprint density at radius 3 is 2.50 bits per heavy atom. The smallest absolute Gasteiger partial charge is 0.345 e. The molecule has 0 aliphatic heterocycles. The van der Waals surface area contributed by atoms with E-state index in [1.165, 1.54) is 7.11 Å². The van der Waals surface area contributed by atoms with Crippen molar-refractivity contribution in [2.75, 3.05) is 7.11 Å². The fourth-order valence-electron chi connectivity index (χ4n) is 0.727. The molecule has 0 spiro atoms. The number of methoxy groups -OCH3 is 1. The second-order valence-electron chi connectivity index (χ2n) is 2.42. The van der Waals surface area contributed by atoms with Crippen molar-refractivity contribution >= 4 is 29.2 Å². The molecule has 0 saturated heterocycles. The predicted molar refractivity (Wildman–Crippen MR) is 47.4 cm³/mol. The first-order valence-electron chi connectivity index (χ1n) is 3.61. The molecule has 5 heteroatoms. The van der Waals surface area contributed by atoms with E-state index in [0.717, 1.165) is 0 Å². The summed E-state index contributed by atoms with van der Waals surface area (Å²) in [5.74, 6) is -0.827. The molecule has 1 atom stereocenters. The molecule has 0 fully saturated rings. The number of halogens is 2. The van der Waals surface area contributed by atoms with E-state index in [2.05, 4.69) is 4.74 Å². The van der Waals surface area contributed by atoms with Gasteiger partial charge in [0, 0.05) is 0 Å². The van der Waals surface area contributed by atoms with Gasteiger partial charge < -0.3 is 9.84 Å². The summed E-state index contributed by atoms with van der Waals surface area (Å²) >= 11 is 11.1. The van der Waals surface area contributed by atoms with Crippen molar-refractivity contribution in [2.45, 2.75) is 30.2 Å². The Morgan fingerprint density at radius 2 is 2.17 bits per heavy atom. The predicted octanol–water partition coefficient (Wildman–Crippen LogP) is 1.49. The summed E-state index contributed by atoms with van der Waals surface area (Å²) in [6.45, 7) is 1.85. The maximum Gasteiger partial charge on any atom is 0.345 e. The van der Waals surface area contributed by atoms with Crippen LogP contribution in [0.25, 0.3) is 0 Å². The van der Waals surface area contributed by atoms with Crippen LogP contribution in [0.1, 0.15) is 19.8 Å². The molecule has 0 aromatic heterocycles. The lowest BCUT2D eigenvalue weighted by atomic mass is 10.1. The zero-order chi connectivity index (χ0) is 9.78. The minimum absolute atomic E-state index is 0.363. The van der Waals surface area contributed by atoms with Crippen LogP contribution in [0, 0.1) is 0 Å². The lowest BCUT2D eigenvalue weighted by molar-refractivity contribution is -0.144. The van der Waals surface area contributed by atoms with E-state index >= 15 is 0 Å². The molecule has 0 saturated carbocycles. The highest BCUT2D eigenvalue weighted by atomic mass is 35.5. The van der Waals surface area contributed by atoms with Crippen molar-refractivity contribution in [1.82, 2.24) is 0 Å². The number of carbonyl (C=O) groups excluding carboxylic acids is 1. The molecule has 0 radical (unpaired) electrons. The molecule has 0 aliphatic carbocycles. The van der Waals surface area contributed by atoms with Gasteiger partial charge in [-0.25, -0.2) is 4.79 Å². The highest BCUT2D eigenvalue weighted by Gasteiger charge is 2.42. The van der Waals surface area contributed by atoms with Crippen LogP contribution in [-0.4, -0.2) is 28.6 Å². The number of carbonyl (C=O) groups is 1. The zero-order valence-corrected chi connectivity index (χ0v) is 8.52. The fraction of sp³-hybridized carbons (Fsp3) is 0.857. The lowest BCUT2D eigenvalue weighted by Gasteiger charge is -2.22. The third kappa shape index (κ3) is 2.81. The van der Waals surface area contributed by atoms with Crippen LogP contribution in [0.3, 0.4) is 0 Å². The lowest BCUT2D eigenvalue weighted by Crippen LogP contribution is -2.40. The average molecular weight is 215 g/mol. The number of rotatable bonds is 4. The van der Waals surface area contributed by atoms with E-state index in [4.69, 9.17) is 23.2 Å². The first kappa shape index (κ1) is 12.0. The van der Waals surface area contributed by atoms with Crippen LogP contribution in [0.2, 0.25) is 0 Å². The SMILES string of the molecule is CCC[C@H](O)C(Cl)(Cl)C(=O)OC. The molecule has 0 amide bonds. The number of hydrogen-bond acceptors (Lipinski definition) is 3. The standard InChI is InChI=1S/C7H12Cl2O3/c1-3-4-5(10)7(8,9)6(11)12-2/h5,10H,3-4H2,1-2H3/t5-/m0/s1. The van der Waals surface area contributed by atoms with Gasteiger partial charge in [-0.15, -0.1) is 0 Å². The monoisotopic (exact) mass is 214 g/mol. The van der Waals surface area contributed by atoms with E-state index in [-0.39, 0.29) is 0 Å². The van der Waals surface area contributed by atoms with Gasteiger partial charge in [-0.05, 0) is 6.42 Å². The molecular weight excluding hydrogens is 203 g/mol. The summed E-state index contributed by atoms with van der Waals surface area (Å²) in [5.41, 5.74) is 0. The van der Waals surface area contributed by atoms with Crippen molar-refractivity contribution in [2.24, 2.45) is 0 Å². The Morgan fingerprint density at radius 1 is 1.67 bits per heavy atom. The molecule has 0 heterocycles. The highest BCUT2D eigenvalue weighted by molar-refractivity contribution is 6.58. The first-order chi connectivity index (χ1) is 5.46. The number of aliphatic hydroxyl groups excluding tert-OH is 1. The summed E-state index contributed by atoms with van der Waals surface area (Å²) in [4.78, 5) is 10.9. The molecule has 0 unspecified atom stereocenters. The molecule has 1 N–H and O–H groups in total. The minimum Gasteiger partial charge on any atom is -0.467 e. The summed E-state index contributed by atoms with van der Waals surface area (Å²) < 4.78 is 2.48. The second-order valence-corrected chi connectivity index (χ2v) is 3.80. The van der Waals surface area contributed by atoms with E-state index in [1.54, 1.807) is 0 Å². The van der Waals surface area contributed by atoms with Crippen LogP contribution in [0.5, 0.6) is 0 Å². The minimum atomic E-state index is -1.84. The van der Waals surface area contributed by atoms with E-state index in [0.29, 0.717) is 12.8 Å². The summed E-state index contributed by atoms with van der Waals surface area (Å²) in [6.07, 6.45) is -0.0279. The molecule has 0 aromatic carbocycles. The highest BCUT2D eigenvalue weighted by Crippen LogP contribution is 2.29. The van der Waals surface area contributed by atoms with Crippen LogP contribution < -0.4 is 0 Å². The number of hydrogen-bond donors (Lipinski definition) is 1. The van der Waals surface area contributed by atoms with Gasteiger partial charge in [-0.3, -0.25) is 0 Å². The zero-order valence-electron chi connectivity index (χ0n) is 7.01. The molecule has 3 nitrogen and oxygen atoms in total. The number of esters is 1. The van der Waals surface area contributed by atoms with Gasteiger partial charge in [0.05, 0.1) is 13.2 Å². The Balaban J connectivity index is 4.26. The molecule has 72 valence electrons. The van der Waals surface area contributed by atoms with Gasteiger partial charge in [-0.1, -0.05) is 36.5 Å². The van der Waals surface area contributed by atoms with Gasteiger partial charge in [0.2, 0.25) is 4.33 Å². The maximum atomic E-state index is 10.9. The fourth-order valence-corrected chi connectivity index (χ4v) is 1.10. The van der Waals surface area contributed by atoms with Crippen LogP contribution >= 0.6 is 23.2 Å². The van der Waals surface area contributed by atoms with E-state index < -0.39 is 16.4 Å². The van der Waals surface area contributed by atoms with Crippen molar-refractivity contribution < 1.29 is 14.6 Å². The van der Waals surface area contributed by atoms with Gasteiger partial charge in [0.1, 0.15) is 0 Å². The summed E-state index contributed by atoms with van der Waals surface area (Å²) in [7, 11) is 1.17. The maximum absolute atomic E-state index is 10.9. The Kier molecular flexibility index (Phi) is 4.90.